The van der Waals surface area contributed by atoms with Gasteiger partial charge in [-0.1, -0.05) is 0 Å². The molecule has 3 N–H and O–H groups in total. The molecule has 1 heterocycles. The number of halogens is 4. The zero-order valence-electron chi connectivity index (χ0n) is 11.2. The van der Waals surface area contributed by atoms with E-state index < -0.39 is 23.6 Å². The topological polar surface area (TPSA) is 55.9 Å². The van der Waals surface area contributed by atoms with Crippen LogP contribution < -0.4 is 11.3 Å². The first kappa shape index (κ1) is 15.5. The highest BCUT2D eigenvalue weighted by atomic mass is 19.4. The van der Waals surface area contributed by atoms with E-state index in [0.717, 1.165) is 12.1 Å². The Bertz CT molecular complexity index is 621. The van der Waals surface area contributed by atoms with Crippen LogP contribution in [-0.2, 0) is 12.7 Å². The number of rotatable bonds is 4. The first-order valence-corrected chi connectivity index (χ1v) is 6.22. The lowest BCUT2D eigenvalue weighted by molar-refractivity contribution is -0.137. The molecule has 0 saturated heterocycles. The molecule has 0 saturated carbocycles. The third-order valence-electron chi connectivity index (χ3n) is 3.11. The maximum Gasteiger partial charge on any atom is 0.416 e. The van der Waals surface area contributed by atoms with E-state index in [1.165, 1.54) is 6.20 Å². The number of alkyl halides is 3. The second kappa shape index (κ2) is 5.82. The van der Waals surface area contributed by atoms with E-state index in [9.17, 15) is 17.6 Å². The van der Waals surface area contributed by atoms with Crippen molar-refractivity contribution >= 4 is 0 Å². The van der Waals surface area contributed by atoms with Crippen LogP contribution in [0.15, 0.2) is 30.6 Å². The molecule has 0 aliphatic heterocycles. The van der Waals surface area contributed by atoms with Crippen LogP contribution in [0.5, 0.6) is 0 Å². The SMILES string of the molecule is CCn1cc(C(NN)c2cc(C(F)(F)F)ccc2F)cn1. The highest BCUT2D eigenvalue weighted by Crippen LogP contribution is 2.33. The molecule has 0 aliphatic carbocycles. The Balaban J connectivity index is 2.46. The minimum absolute atomic E-state index is 0.178. The highest BCUT2D eigenvalue weighted by molar-refractivity contribution is 5.34. The number of aryl methyl sites for hydroxylation is 1. The molecule has 0 fully saturated rings. The number of aromatic nitrogens is 2. The van der Waals surface area contributed by atoms with Crippen molar-refractivity contribution in [2.45, 2.75) is 25.7 Å². The molecular weight excluding hydrogens is 288 g/mol. The van der Waals surface area contributed by atoms with Gasteiger partial charge < -0.3 is 0 Å². The summed E-state index contributed by atoms with van der Waals surface area (Å²) >= 11 is 0. The summed E-state index contributed by atoms with van der Waals surface area (Å²) in [6, 6.07) is 1.32. The molecule has 0 spiro atoms. The lowest BCUT2D eigenvalue weighted by Gasteiger charge is -2.17. The molecule has 0 bridgehead atoms. The smallest absolute Gasteiger partial charge is 0.273 e. The zero-order valence-corrected chi connectivity index (χ0v) is 11.2. The van der Waals surface area contributed by atoms with Crippen molar-refractivity contribution in [1.29, 1.82) is 0 Å². The standard InChI is InChI=1S/C13H14F4N4/c1-2-21-7-8(6-19-21)12(20-18)10-5-9(13(15,16)17)3-4-11(10)14/h3-7,12,20H,2,18H2,1H3. The van der Waals surface area contributed by atoms with Crippen molar-refractivity contribution in [3.8, 4) is 0 Å². The van der Waals surface area contributed by atoms with Gasteiger partial charge in [-0.3, -0.25) is 10.5 Å². The second-order valence-electron chi connectivity index (χ2n) is 4.46. The van der Waals surface area contributed by atoms with E-state index in [1.54, 1.807) is 10.9 Å². The van der Waals surface area contributed by atoms with Crippen molar-refractivity contribution in [3.05, 3.63) is 53.1 Å². The van der Waals surface area contributed by atoms with E-state index in [-0.39, 0.29) is 5.56 Å². The normalized spacial score (nSPS) is 13.4. The molecule has 1 aromatic heterocycles. The van der Waals surface area contributed by atoms with Gasteiger partial charge in [-0.25, -0.2) is 9.82 Å². The molecule has 2 aromatic rings. The summed E-state index contributed by atoms with van der Waals surface area (Å²) < 4.78 is 53.7. The maximum atomic E-state index is 13.9. The molecule has 0 aliphatic rings. The van der Waals surface area contributed by atoms with E-state index in [2.05, 4.69) is 10.5 Å². The van der Waals surface area contributed by atoms with Crippen LogP contribution in [0.3, 0.4) is 0 Å². The third-order valence-corrected chi connectivity index (χ3v) is 3.11. The van der Waals surface area contributed by atoms with Gasteiger partial charge in [-0.05, 0) is 25.1 Å². The van der Waals surface area contributed by atoms with Crippen LogP contribution in [-0.4, -0.2) is 9.78 Å². The van der Waals surface area contributed by atoms with Gasteiger partial charge in [0.15, 0.2) is 0 Å². The molecular formula is C13H14F4N4. The minimum Gasteiger partial charge on any atom is -0.273 e. The molecule has 1 atom stereocenters. The summed E-state index contributed by atoms with van der Waals surface area (Å²) in [5.41, 5.74) is 1.71. The van der Waals surface area contributed by atoms with Gasteiger partial charge in [0, 0.05) is 23.9 Å². The summed E-state index contributed by atoms with van der Waals surface area (Å²) in [6.45, 7) is 2.44. The van der Waals surface area contributed by atoms with Crippen molar-refractivity contribution in [3.63, 3.8) is 0 Å². The number of nitrogens with zero attached hydrogens (tertiary/aromatic N) is 2. The Morgan fingerprint density at radius 2 is 2.10 bits per heavy atom. The largest absolute Gasteiger partial charge is 0.416 e. The van der Waals surface area contributed by atoms with Gasteiger partial charge in [0.05, 0.1) is 17.8 Å². The average Bonchev–Trinajstić information content (AvgIpc) is 2.89. The quantitative estimate of drug-likeness (QED) is 0.518. The molecule has 1 unspecified atom stereocenters. The van der Waals surface area contributed by atoms with E-state index in [0.29, 0.717) is 18.2 Å². The Hall–Kier alpha value is -1.93. The summed E-state index contributed by atoms with van der Waals surface area (Å²) in [5.74, 6) is 4.61. The number of hydrogen-bond donors (Lipinski definition) is 2. The molecule has 0 radical (unpaired) electrons. The average molecular weight is 302 g/mol. The Labute approximate surface area is 118 Å². The van der Waals surface area contributed by atoms with Crippen LogP contribution in [0, 0.1) is 5.82 Å². The molecule has 0 amide bonds. The van der Waals surface area contributed by atoms with Crippen LogP contribution >= 0.6 is 0 Å². The Kier molecular flexibility index (Phi) is 4.29. The number of benzene rings is 1. The van der Waals surface area contributed by atoms with Crippen molar-refractivity contribution in [1.82, 2.24) is 15.2 Å². The summed E-state index contributed by atoms with van der Waals surface area (Å²) in [4.78, 5) is 0. The Morgan fingerprint density at radius 3 is 2.62 bits per heavy atom. The van der Waals surface area contributed by atoms with Crippen molar-refractivity contribution in [2.24, 2.45) is 5.84 Å². The lowest BCUT2D eigenvalue weighted by atomic mass is 9.99. The third kappa shape index (κ3) is 3.22. The minimum atomic E-state index is -4.55. The van der Waals surface area contributed by atoms with E-state index >= 15 is 0 Å². The van der Waals surface area contributed by atoms with E-state index in [4.69, 9.17) is 5.84 Å². The molecule has 21 heavy (non-hydrogen) atoms. The molecule has 2 rings (SSSR count). The molecule has 114 valence electrons. The summed E-state index contributed by atoms with van der Waals surface area (Å²) in [7, 11) is 0. The number of nitrogens with one attached hydrogen (secondary N) is 1. The fourth-order valence-electron chi connectivity index (χ4n) is 2.01. The zero-order chi connectivity index (χ0) is 15.6. The van der Waals surface area contributed by atoms with Crippen LogP contribution in [0.1, 0.15) is 29.7 Å². The molecule has 4 nitrogen and oxygen atoms in total. The van der Waals surface area contributed by atoms with Crippen molar-refractivity contribution < 1.29 is 17.6 Å². The first-order valence-electron chi connectivity index (χ1n) is 6.22. The number of nitrogens with two attached hydrogens (primary N) is 1. The number of hydrazine groups is 1. The van der Waals surface area contributed by atoms with Crippen LogP contribution in [0.2, 0.25) is 0 Å². The summed E-state index contributed by atoms with van der Waals surface area (Å²) in [6.07, 6.45) is -1.51. The van der Waals surface area contributed by atoms with Gasteiger partial charge in [0.2, 0.25) is 0 Å². The predicted molar refractivity (Wildman–Crippen MR) is 68.5 cm³/mol. The second-order valence-corrected chi connectivity index (χ2v) is 4.46. The van der Waals surface area contributed by atoms with Gasteiger partial charge in [-0.15, -0.1) is 0 Å². The fraction of sp³-hybridized carbons (Fsp3) is 0.308. The van der Waals surface area contributed by atoms with Crippen molar-refractivity contribution in [2.75, 3.05) is 0 Å². The number of hydrogen-bond acceptors (Lipinski definition) is 3. The monoisotopic (exact) mass is 302 g/mol. The maximum absolute atomic E-state index is 13.9. The molecule has 8 heteroatoms. The van der Waals surface area contributed by atoms with Gasteiger partial charge in [-0.2, -0.15) is 18.3 Å². The fourth-order valence-corrected chi connectivity index (χ4v) is 2.01. The van der Waals surface area contributed by atoms with Crippen LogP contribution in [0.25, 0.3) is 0 Å². The van der Waals surface area contributed by atoms with Gasteiger partial charge >= 0.3 is 6.18 Å². The Morgan fingerprint density at radius 1 is 1.38 bits per heavy atom. The predicted octanol–water partition coefficient (Wildman–Crippen LogP) is 2.61. The van der Waals surface area contributed by atoms with Gasteiger partial charge in [0.25, 0.3) is 0 Å². The summed E-state index contributed by atoms with van der Waals surface area (Å²) in [5, 5.41) is 4.01. The van der Waals surface area contributed by atoms with Crippen LogP contribution in [0.4, 0.5) is 17.6 Å². The first-order chi connectivity index (χ1) is 9.86. The van der Waals surface area contributed by atoms with Gasteiger partial charge in [0.1, 0.15) is 5.82 Å². The molecule has 1 aromatic carbocycles. The highest BCUT2D eigenvalue weighted by Gasteiger charge is 2.32. The lowest BCUT2D eigenvalue weighted by Crippen LogP contribution is -2.29. The van der Waals surface area contributed by atoms with E-state index in [1.807, 2.05) is 6.92 Å².